The van der Waals surface area contributed by atoms with Gasteiger partial charge < -0.3 is 18.9 Å². The van der Waals surface area contributed by atoms with Crippen LogP contribution in [0.4, 0.5) is 4.79 Å². The zero-order valence-electron chi connectivity index (χ0n) is 14.4. The summed E-state index contributed by atoms with van der Waals surface area (Å²) >= 11 is 0. The second kappa shape index (κ2) is 7.83. The second-order valence-electron chi connectivity index (χ2n) is 5.19. The van der Waals surface area contributed by atoms with E-state index in [4.69, 9.17) is 14.2 Å². The van der Waals surface area contributed by atoms with Crippen LogP contribution in [-0.2, 0) is 34.0 Å². The minimum absolute atomic E-state index is 0.0906. The first kappa shape index (κ1) is 18.5. The van der Waals surface area contributed by atoms with Gasteiger partial charge in [0.05, 0.1) is 20.3 Å². The fourth-order valence-electron chi connectivity index (χ4n) is 2.82. The molecule has 1 aliphatic carbocycles. The average Bonchev–Trinajstić information content (AvgIpc) is 2.95. The number of fused-ring (bicyclic) bond motifs is 1. The summed E-state index contributed by atoms with van der Waals surface area (Å²) in [5.74, 6) is -1.53. The van der Waals surface area contributed by atoms with Crippen LogP contribution in [0.25, 0.3) is 6.08 Å². The Morgan fingerprint density at radius 3 is 2.12 bits per heavy atom. The summed E-state index contributed by atoms with van der Waals surface area (Å²) in [7, 11) is 1.17. The second-order valence-corrected chi connectivity index (χ2v) is 5.19. The molecule has 0 saturated carbocycles. The number of carbonyl (C=O) groups is 3. The van der Waals surface area contributed by atoms with Crippen LogP contribution in [0.3, 0.4) is 0 Å². The highest BCUT2D eigenvalue weighted by atomic mass is 16.7. The maximum atomic E-state index is 12.8. The quantitative estimate of drug-likeness (QED) is 0.442. The molecule has 7 nitrogen and oxygen atoms in total. The minimum Gasteiger partial charge on any atom is -0.465 e. The van der Waals surface area contributed by atoms with Gasteiger partial charge in [0.25, 0.3) is 0 Å². The highest BCUT2D eigenvalue weighted by Crippen LogP contribution is 2.44. The van der Waals surface area contributed by atoms with Crippen LogP contribution in [-0.4, -0.2) is 45.0 Å². The number of methoxy groups -OCH3 is 1. The lowest BCUT2D eigenvalue weighted by Gasteiger charge is -2.28. The average molecular weight is 348 g/mol. The molecule has 0 fully saturated rings. The van der Waals surface area contributed by atoms with Gasteiger partial charge in [-0.2, -0.15) is 0 Å². The topological polar surface area (TPSA) is 88.1 Å². The predicted octanol–water partition coefficient (Wildman–Crippen LogP) is 2.23. The molecule has 0 N–H and O–H groups in total. The third-order valence-corrected chi connectivity index (χ3v) is 3.85. The zero-order valence-corrected chi connectivity index (χ0v) is 14.4. The van der Waals surface area contributed by atoms with E-state index in [0.29, 0.717) is 11.1 Å². The van der Waals surface area contributed by atoms with Gasteiger partial charge in [-0.1, -0.05) is 24.3 Å². The molecule has 25 heavy (non-hydrogen) atoms. The van der Waals surface area contributed by atoms with Crippen molar-refractivity contribution >= 4 is 24.2 Å². The monoisotopic (exact) mass is 348 g/mol. The number of hydrogen-bond donors (Lipinski definition) is 0. The molecule has 0 heterocycles. The first-order valence-electron chi connectivity index (χ1n) is 7.88. The van der Waals surface area contributed by atoms with Crippen molar-refractivity contribution in [2.24, 2.45) is 0 Å². The molecule has 0 aliphatic heterocycles. The van der Waals surface area contributed by atoms with Gasteiger partial charge in [-0.05, 0) is 31.1 Å². The van der Waals surface area contributed by atoms with Crippen molar-refractivity contribution in [1.82, 2.24) is 0 Å². The standard InChI is InChI=1S/C18H20O7/c1-4-23-15(19)18(16(20)24-5-2)13(11-25-17(21)22-3)10-12-8-6-7-9-14(12)18/h6-10H,4-5,11H2,1-3H3. The molecule has 0 radical (unpaired) electrons. The Kier molecular flexibility index (Phi) is 5.80. The van der Waals surface area contributed by atoms with E-state index in [0.717, 1.165) is 0 Å². The summed E-state index contributed by atoms with van der Waals surface area (Å²) in [5.41, 5.74) is -0.435. The maximum Gasteiger partial charge on any atom is 0.508 e. The Bertz CT molecular complexity index is 687. The van der Waals surface area contributed by atoms with E-state index in [-0.39, 0.29) is 25.4 Å². The molecule has 1 aromatic rings. The Labute approximate surface area is 145 Å². The lowest BCUT2D eigenvalue weighted by molar-refractivity contribution is -0.162. The third kappa shape index (κ3) is 3.22. The van der Waals surface area contributed by atoms with Crippen LogP contribution in [0.15, 0.2) is 29.8 Å². The molecule has 0 saturated heterocycles. The normalized spacial score (nSPS) is 14.1. The lowest BCUT2D eigenvalue weighted by Crippen LogP contribution is -2.47. The molecule has 2 rings (SSSR count). The Hall–Kier alpha value is -2.83. The van der Waals surface area contributed by atoms with Crippen molar-refractivity contribution in [3.8, 4) is 0 Å². The molecular formula is C18H20O7. The van der Waals surface area contributed by atoms with Crippen molar-refractivity contribution in [3.05, 3.63) is 41.0 Å². The molecular weight excluding hydrogens is 328 g/mol. The number of rotatable bonds is 6. The zero-order chi connectivity index (χ0) is 18.4. The summed E-state index contributed by atoms with van der Waals surface area (Å²) < 4.78 is 19.8. The van der Waals surface area contributed by atoms with Crippen molar-refractivity contribution in [2.75, 3.05) is 26.9 Å². The van der Waals surface area contributed by atoms with Crippen LogP contribution >= 0.6 is 0 Å². The summed E-state index contributed by atoms with van der Waals surface area (Å²) in [5, 5.41) is 0. The van der Waals surface area contributed by atoms with Crippen LogP contribution in [0, 0.1) is 0 Å². The number of hydrogen-bond acceptors (Lipinski definition) is 7. The van der Waals surface area contributed by atoms with Gasteiger partial charge in [0, 0.05) is 5.57 Å². The molecule has 0 spiro atoms. The highest BCUT2D eigenvalue weighted by molar-refractivity contribution is 6.13. The van der Waals surface area contributed by atoms with Gasteiger partial charge >= 0.3 is 18.1 Å². The fourth-order valence-corrected chi connectivity index (χ4v) is 2.82. The third-order valence-electron chi connectivity index (χ3n) is 3.85. The van der Waals surface area contributed by atoms with Gasteiger partial charge in [-0.25, -0.2) is 4.79 Å². The summed E-state index contributed by atoms with van der Waals surface area (Å²) in [6, 6.07) is 6.91. The van der Waals surface area contributed by atoms with E-state index < -0.39 is 23.5 Å². The molecule has 0 atom stereocenters. The molecule has 134 valence electrons. The molecule has 0 aromatic heterocycles. The number of carbonyl (C=O) groups excluding carboxylic acids is 3. The fraction of sp³-hybridized carbons (Fsp3) is 0.389. The SMILES string of the molecule is CCOC(=O)C1(C(=O)OCC)C(COC(=O)OC)=Cc2ccccc21. The predicted molar refractivity (Wildman–Crippen MR) is 87.7 cm³/mol. The van der Waals surface area contributed by atoms with E-state index in [1.165, 1.54) is 7.11 Å². The molecule has 0 amide bonds. The highest BCUT2D eigenvalue weighted by Gasteiger charge is 2.57. The van der Waals surface area contributed by atoms with Crippen LogP contribution in [0.1, 0.15) is 25.0 Å². The van der Waals surface area contributed by atoms with E-state index in [1.807, 2.05) is 0 Å². The van der Waals surface area contributed by atoms with E-state index in [2.05, 4.69) is 4.74 Å². The van der Waals surface area contributed by atoms with Gasteiger partial charge in [-0.3, -0.25) is 9.59 Å². The van der Waals surface area contributed by atoms with Crippen molar-refractivity contribution in [1.29, 1.82) is 0 Å². The smallest absolute Gasteiger partial charge is 0.465 e. The van der Waals surface area contributed by atoms with Crippen LogP contribution in [0.2, 0.25) is 0 Å². The van der Waals surface area contributed by atoms with Crippen molar-refractivity contribution < 1.29 is 33.3 Å². The Morgan fingerprint density at radius 1 is 0.960 bits per heavy atom. The first-order chi connectivity index (χ1) is 12.0. The summed E-state index contributed by atoms with van der Waals surface area (Å²) in [6.07, 6.45) is 0.713. The van der Waals surface area contributed by atoms with E-state index in [1.54, 1.807) is 44.2 Å². The van der Waals surface area contributed by atoms with Gasteiger partial charge in [0.15, 0.2) is 0 Å². The van der Waals surface area contributed by atoms with E-state index >= 15 is 0 Å². The lowest BCUT2D eigenvalue weighted by atomic mass is 9.77. The van der Waals surface area contributed by atoms with Crippen LogP contribution < -0.4 is 0 Å². The summed E-state index contributed by atoms with van der Waals surface area (Å²) in [6.45, 7) is 3.16. The minimum atomic E-state index is -1.80. The maximum absolute atomic E-state index is 12.8. The van der Waals surface area contributed by atoms with Crippen molar-refractivity contribution in [3.63, 3.8) is 0 Å². The number of benzene rings is 1. The molecule has 0 bridgehead atoms. The number of ether oxygens (including phenoxy) is 4. The largest absolute Gasteiger partial charge is 0.508 e. The summed E-state index contributed by atoms with van der Waals surface area (Å²) in [4.78, 5) is 37.0. The number of esters is 2. The molecule has 0 unspecified atom stereocenters. The molecule has 7 heteroatoms. The van der Waals surface area contributed by atoms with Gasteiger partial charge in [0.1, 0.15) is 6.61 Å². The van der Waals surface area contributed by atoms with Crippen LogP contribution in [0.5, 0.6) is 0 Å². The Balaban J connectivity index is 2.56. The van der Waals surface area contributed by atoms with Gasteiger partial charge in [0.2, 0.25) is 5.41 Å². The Morgan fingerprint density at radius 2 is 1.56 bits per heavy atom. The molecule has 1 aromatic carbocycles. The van der Waals surface area contributed by atoms with Gasteiger partial charge in [-0.15, -0.1) is 0 Å². The first-order valence-corrected chi connectivity index (χ1v) is 7.88. The van der Waals surface area contributed by atoms with E-state index in [9.17, 15) is 14.4 Å². The van der Waals surface area contributed by atoms with Crippen molar-refractivity contribution in [2.45, 2.75) is 19.3 Å². The molecule has 1 aliphatic rings.